The average molecular weight is 379 g/mol. The SMILES string of the molecule is O=C(Cc1cccc(Br)c1)N1CCC(N2C(=O)CCC2=O)CC1. The number of rotatable bonds is 3. The summed E-state index contributed by atoms with van der Waals surface area (Å²) in [4.78, 5) is 39.2. The van der Waals surface area contributed by atoms with E-state index < -0.39 is 0 Å². The van der Waals surface area contributed by atoms with E-state index in [4.69, 9.17) is 0 Å². The third-order valence-corrected chi connectivity index (χ3v) is 5.01. The van der Waals surface area contributed by atoms with Crippen LogP contribution >= 0.6 is 15.9 Å². The van der Waals surface area contributed by atoms with E-state index in [1.165, 1.54) is 4.90 Å². The lowest BCUT2D eigenvalue weighted by Gasteiger charge is -2.35. The summed E-state index contributed by atoms with van der Waals surface area (Å²) in [7, 11) is 0. The Morgan fingerprint density at radius 3 is 2.39 bits per heavy atom. The Morgan fingerprint density at radius 1 is 1.13 bits per heavy atom. The predicted molar refractivity (Wildman–Crippen MR) is 88.5 cm³/mol. The summed E-state index contributed by atoms with van der Waals surface area (Å²) in [5.74, 6) is -0.0246. The van der Waals surface area contributed by atoms with E-state index in [0.717, 1.165) is 10.0 Å². The zero-order valence-corrected chi connectivity index (χ0v) is 14.4. The fraction of sp³-hybridized carbons (Fsp3) is 0.471. The molecular weight excluding hydrogens is 360 g/mol. The van der Waals surface area contributed by atoms with Gasteiger partial charge in [0.25, 0.3) is 0 Å². The minimum absolute atomic E-state index is 0.0348. The van der Waals surface area contributed by atoms with Crippen molar-refractivity contribution in [3.8, 4) is 0 Å². The van der Waals surface area contributed by atoms with Gasteiger partial charge in [0.1, 0.15) is 0 Å². The average Bonchev–Trinajstić information content (AvgIpc) is 2.86. The number of imide groups is 1. The molecule has 2 heterocycles. The first-order valence-electron chi connectivity index (χ1n) is 7.91. The number of nitrogens with zero attached hydrogens (tertiary/aromatic N) is 2. The van der Waals surface area contributed by atoms with Crippen molar-refractivity contribution in [1.29, 1.82) is 0 Å². The van der Waals surface area contributed by atoms with Gasteiger partial charge in [-0.25, -0.2) is 0 Å². The van der Waals surface area contributed by atoms with E-state index in [9.17, 15) is 14.4 Å². The van der Waals surface area contributed by atoms with Crippen LogP contribution in [0.4, 0.5) is 0 Å². The third kappa shape index (κ3) is 3.63. The molecule has 0 radical (unpaired) electrons. The van der Waals surface area contributed by atoms with Crippen LogP contribution in [0.1, 0.15) is 31.2 Å². The number of benzene rings is 1. The molecule has 2 aliphatic heterocycles. The molecule has 3 amide bonds. The molecule has 0 spiro atoms. The normalized spacial score (nSPS) is 19.5. The van der Waals surface area contributed by atoms with Gasteiger partial charge >= 0.3 is 0 Å². The smallest absolute Gasteiger partial charge is 0.229 e. The maximum absolute atomic E-state index is 12.4. The van der Waals surface area contributed by atoms with Crippen LogP contribution in [0.2, 0.25) is 0 Å². The maximum atomic E-state index is 12.4. The van der Waals surface area contributed by atoms with Gasteiger partial charge in [0, 0.05) is 36.4 Å². The van der Waals surface area contributed by atoms with Crippen LogP contribution in [0.15, 0.2) is 28.7 Å². The zero-order valence-electron chi connectivity index (χ0n) is 12.8. The Kier molecular flexibility index (Phi) is 4.80. The number of amides is 3. The Bertz CT molecular complexity index is 622. The molecule has 5 nitrogen and oxygen atoms in total. The first-order chi connectivity index (χ1) is 11.0. The molecule has 2 saturated heterocycles. The topological polar surface area (TPSA) is 57.7 Å². The van der Waals surface area contributed by atoms with Crippen molar-refractivity contribution >= 4 is 33.7 Å². The molecule has 122 valence electrons. The Labute approximate surface area is 143 Å². The van der Waals surface area contributed by atoms with E-state index in [1.807, 2.05) is 29.2 Å². The Morgan fingerprint density at radius 2 is 1.78 bits per heavy atom. The number of carbonyl (C=O) groups excluding carboxylic acids is 3. The summed E-state index contributed by atoms with van der Waals surface area (Å²) < 4.78 is 0.965. The monoisotopic (exact) mass is 378 g/mol. The van der Waals surface area contributed by atoms with Gasteiger partial charge in [-0.1, -0.05) is 28.1 Å². The number of hydrogen-bond donors (Lipinski definition) is 0. The quantitative estimate of drug-likeness (QED) is 0.757. The molecule has 1 aromatic rings. The van der Waals surface area contributed by atoms with Gasteiger partial charge in [-0.05, 0) is 30.5 Å². The van der Waals surface area contributed by atoms with E-state index in [2.05, 4.69) is 15.9 Å². The molecule has 1 aromatic carbocycles. The minimum atomic E-state index is -0.0612. The van der Waals surface area contributed by atoms with Gasteiger partial charge in [-0.2, -0.15) is 0 Å². The second kappa shape index (κ2) is 6.83. The summed E-state index contributed by atoms with van der Waals surface area (Å²) in [5, 5.41) is 0. The Hall–Kier alpha value is -1.69. The third-order valence-electron chi connectivity index (χ3n) is 4.52. The number of piperidine rings is 1. The minimum Gasteiger partial charge on any atom is -0.342 e. The molecule has 3 rings (SSSR count). The van der Waals surface area contributed by atoms with Gasteiger partial charge in [0.2, 0.25) is 17.7 Å². The van der Waals surface area contributed by atoms with Gasteiger partial charge in [0.15, 0.2) is 0 Å². The van der Waals surface area contributed by atoms with Crippen LogP contribution in [0.5, 0.6) is 0 Å². The second-order valence-electron chi connectivity index (χ2n) is 6.08. The Balaban J connectivity index is 1.55. The number of carbonyl (C=O) groups is 3. The van der Waals surface area contributed by atoms with Gasteiger partial charge < -0.3 is 4.90 Å². The van der Waals surface area contributed by atoms with Gasteiger partial charge in [-0.3, -0.25) is 19.3 Å². The maximum Gasteiger partial charge on any atom is 0.229 e. The molecule has 0 saturated carbocycles. The number of likely N-dealkylation sites (tertiary alicyclic amines) is 2. The van der Waals surface area contributed by atoms with Crippen molar-refractivity contribution in [3.05, 3.63) is 34.3 Å². The van der Waals surface area contributed by atoms with E-state index in [0.29, 0.717) is 45.2 Å². The second-order valence-corrected chi connectivity index (χ2v) is 6.99. The highest BCUT2D eigenvalue weighted by molar-refractivity contribution is 9.10. The highest BCUT2D eigenvalue weighted by Gasteiger charge is 2.37. The van der Waals surface area contributed by atoms with Crippen molar-refractivity contribution in [2.75, 3.05) is 13.1 Å². The fourth-order valence-electron chi connectivity index (χ4n) is 3.31. The van der Waals surface area contributed by atoms with Crippen molar-refractivity contribution < 1.29 is 14.4 Å². The first-order valence-corrected chi connectivity index (χ1v) is 8.71. The summed E-state index contributed by atoms with van der Waals surface area (Å²) in [5.41, 5.74) is 0.983. The molecule has 23 heavy (non-hydrogen) atoms. The summed E-state index contributed by atoms with van der Waals surface area (Å²) in [6.45, 7) is 1.21. The fourth-order valence-corrected chi connectivity index (χ4v) is 3.75. The number of hydrogen-bond acceptors (Lipinski definition) is 3. The highest BCUT2D eigenvalue weighted by atomic mass is 79.9. The van der Waals surface area contributed by atoms with Crippen LogP contribution in [0.3, 0.4) is 0 Å². The molecular formula is C17H19BrN2O3. The van der Waals surface area contributed by atoms with Crippen molar-refractivity contribution in [3.63, 3.8) is 0 Å². The molecule has 6 heteroatoms. The molecule has 2 fully saturated rings. The molecule has 0 bridgehead atoms. The van der Waals surface area contributed by atoms with E-state index in [1.54, 1.807) is 0 Å². The standard InChI is InChI=1S/C17H19BrN2O3/c18-13-3-1-2-12(10-13)11-17(23)19-8-6-14(7-9-19)20-15(21)4-5-16(20)22/h1-3,10,14H,4-9,11H2. The summed E-state index contributed by atoms with van der Waals surface area (Å²) in [6, 6.07) is 7.71. The summed E-state index contributed by atoms with van der Waals surface area (Å²) >= 11 is 3.41. The largest absolute Gasteiger partial charge is 0.342 e. The van der Waals surface area contributed by atoms with Gasteiger partial charge in [-0.15, -0.1) is 0 Å². The van der Waals surface area contributed by atoms with Crippen molar-refractivity contribution in [2.45, 2.75) is 38.1 Å². The lowest BCUT2D eigenvalue weighted by Crippen LogP contribution is -2.48. The van der Waals surface area contributed by atoms with Crippen LogP contribution in [0, 0.1) is 0 Å². The molecule has 0 aliphatic carbocycles. The van der Waals surface area contributed by atoms with Crippen molar-refractivity contribution in [2.24, 2.45) is 0 Å². The molecule has 0 atom stereocenters. The highest BCUT2D eigenvalue weighted by Crippen LogP contribution is 2.23. The van der Waals surface area contributed by atoms with Crippen LogP contribution in [-0.2, 0) is 20.8 Å². The molecule has 0 aromatic heterocycles. The molecule has 0 unspecified atom stereocenters. The van der Waals surface area contributed by atoms with E-state index >= 15 is 0 Å². The van der Waals surface area contributed by atoms with Crippen LogP contribution in [-0.4, -0.2) is 46.7 Å². The summed E-state index contributed by atoms with van der Waals surface area (Å²) in [6.07, 6.45) is 2.41. The van der Waals surface area contributed by atoms with Crippen LogP contribution < -0.4 is 0 Å². The zero-order chi connectivity index (χ0) is 16.4. The lowest BCUT2D eigenvalue weighted by molar-refractivity contribution is -0.142. The van der Waals surface area contributed by atoms with E-state index in [-0.39, 0.29) is 23.8 Å². The molecule has 0 N–H and O–H groups in total. The first kappa shape index (κ1) is 16.2. The molecule has 2 aliphatic rings. The van der Waals surface area contributed by atoms with Gasteiger partial charge in [0.05, 0.1) is 6.42 Å². The van der Waals surface area contributed by atoms with Crippen molar-refractivity contribution in [1.82, 2.24) is 9.80 Å². The number of halogens is 1. The van der Waals surface area contributed by atoms with Crippen LogP contribution in [0.25, 0.3) is 0 Å². The predicted octanol–water partition coefficient (Wildman–Crippen LogP) is 2.13. The lowest BCUT2D eigenvalue weighted by atomic mass is 10.0.